The third-order valence-electron chi connectivity index (χ3n) is 4.46. The van der Waals surface area contributed by atoms with Crippen molar-refractivity contribution in [2.24, 2.45) is 13.0 Å². The minimum atomic E-state index is -0.308. The van der Waals surface area contributed by atoms with Crippen LogP contribution in [0.5, 0.6) is 0 Å². The maximum Gasteiger partial charge on any atom is 0.146 e. The molecule has 1 aromatic rings. The van der Waals surface area contributed by atoms with E-state index in [0.29, 0.717) is 13.1 Å². The van der Waals surface area contributed by atoms with Crippen LogP contribution in [0.3, 0.4) is 0 Å². The first-order valence-electron chi connectivity index (χ1n) is 7.89. The Bertz CT molecular complexity index is 439. The van der Waals surface area contributed by atoms with Crippen molar-refractivity contribution in [2.45, 2.75) is 39.3 Å². The highest BCUT2D eigenvalue weighted by molar-refractivity contribution is 4.92. The Hall–Kier alpha value is -0.980. The third-order valence-corrected chi connectivity index (χ3v) is 4.46. The smallest absolute Gasteiger partial charge is 0.146 e. The lowest BCUT2D eigenvalue weighted by molar-refractivity contribution is 0.0655. The van der Waals surface area contributed by atoms with Crippen LogP contribution in [-0.2, 0) is 13.6 Å². The van der Waals surface area contributed by atoms with Crippen LogP contribution in [0.25, 0.3) is 0 Å². The van der Waals surface area contributed by atoms with Crippen LogP contribution in [0.2, 0.25) is 0 Å². The normalized spacial score (nSPS) is 19.3. The lowest BCUT2D eigenvalue weighted by Crippen LogP contribution is -2.42. The Morgan fingerprint density at radius 3 is 2.57 bits per heavy atom. The summed E-state index contributed by atoms with van der Waals surface area (Å²) in [5.41, 5.74) is 0. The zero-order chi connectivity index (χ0) is 15.4. The van der Waals surface area contributed by atoms with E-state index in [2.05, 4.69) is 26.9 Å². The predicted molar refractivity (Wildman–Crippen MR) is 82.9 cm³/mol. The van der Waals surface area contributed by atoms with Crippen molar-refractivity contribution in [1.82, 2.24) is 24.6 Å². The second-order valence-electron chi connectivity index (χ2n) is 6.56. The summed E-state index contributed by atoms with van der Waals surface area (Å²) >= 11 is 0. The average Bonchev–Trinajstić information content (AvgIpc) is 2.73. The fourth-order valence-electron chi connectivity index (χ4n) is 2.85. The Morgan fingerprint density at radius 1 is 1.33 bits per heavy atom. The van der Waals surface area contributed by atoms with Gasteiger partial charge >= 0.3 is 0 Å². The first kappa shape index (κ1) is 16.4. The summed E-state index contributed by atoms with van der Waals surface area (Å²) in [4.78, 5) is 4.49. The van der Waals surface area contributed by atoms with Gasteiger partial charge in [-0.25, -0.2) is 0 Å². The molecule has 0 bridgehead atoms. The van der Waals surface area contributed by atoms with Gasteiger partial charge in [0.05, 0.1) is 12.6 Å². The minimum Gasteiger partial charge on any atom is -0.390 e. The SMILES string of the molecule is Cc1nnc(CN(C)CC(O)CN2CCC(C)CC2)n1C. The Balaban J connectivity index is 1.74. The van der Waals surface area contributed by atoms with E-state index < -0.39 is 0 Å². The number of β-amino-alcohol motifs (C(OH)–C–C–N with tert-alkyl or cyclic N) is 1. The highest BCUT2D eigenvalue weighted by Crippen LogP contribution is 2.16. The van der Waals surface area contributed by atoms with Crippen molar-refractivity contribution in [2.75, 3.05) is 33.2 Å². The van der Waals surface area contributed by atoms with Crippen molar-refractivity contribution in [3.8, 4) is 0 Å². The monoisotopic (exact) mass is 295 g/mol. The van der Waals surface area contributed by atoms with Gasteiger partial charge in [0, 0.05) is 20.1 Å². The number of piperidine rings is 1. The van der Waals surface area contributed by atoms with Crippen LogP contribution in [0, 0.1) is 12.8 Å². The summed E-state index contributed by atoms with van der Waals surface area (Å²) in [7, 11) is 4.00. The number of aliphatic hydroxyl groups is 1. The Kier molecular flexibility index (Phi) is 5.72. The molecule has 0 radical (unpaired) electrons. The molecule has 0 aliphatic carbocycles. The fraction of sp³-hybridized carbons (Fsp3) is 0.867. The minimum absolute atomic E-state index is 0.308. The summed E-state index contributed by atoms with van der Waals surface area (Å²) in [6.45, 7) is 8.64. The molecule has 1 aliphatic heterocycles. The van der Waals surface area contributed by atoms with Crippen molar-refractivity contribution < 1.29 is 5.11 Å². The number of rotatable bonds is 6. The molecule has 1 atom stereocenters. The molecular formula is C15H29N5O. The maximum atomic E-state index is 10.3. The molecule has 0 saturated carbocycles. The number of hydrogen-bond donors (Lipinski definition) is 1. The fourth-order valence-corrected chi connectivity index (χ4v) is 2.85. The molecule has 6 nitrogen and oxygen atoms in total. The molecule has 2 heterocycles. The van der Waals surface area contributed by atoms with Gasteiger partial charge in [0.25, 0.3) is 0 Å². The lowest BCUT2D eigenvalue weighted by atomic mass is 9.99. The number of likely N-dealkylation sites (tertiary alicyclic amines) is 1. The molecule has 1 N–H and O–H groups in total. The van der Waals surface area contributed by atoms with Gasteiger partial charge in [-0.15, -0.1) is 10.2 Å². The number of likely N-dealkylation sites (N-methyl/N-ethyl adjacent to an activating group) is 1. The number of aryl methyl sites for hydroxylation is 1. The second-order valence-corrected chi connectivity index (χ2v) is 6.56. The van der Waals surface area contributed by atoms with Crippen LogP contribution in [-0.4, -0.2) is 69.0 Å². The molecule has 1 aliphatic rings. The van der Waals surface area contributed by atoms with E-state index >= 15 is 0 Å². The third kappa shape index (κ3) is 4.76. The number of aliphatic hydroxyl groups excluding tert-OH is 1. The van der Waals surface area contributed by atoms with E-state index in [0.717, 1.165) is 37.2 Å². The predicted octanol–water partition coefficient (Wildman–Crippen LogP) is 0.648. The van der Waals surface area contributed by atoms with Crippen LogP contribution in [0.15, 0.2) is 0 Å². The van der Waals surface area contributed by atoms with Gasteiger partial charge in [0.2, 0.25) is 0 Å². The van der Waals surface area contributed by atoms with Crippen molar-refractivity contribution >= 4 is 0 Å². The van der Waals surface area contributed by atoms with E-state index in [9.17, 15) is 5.11 Å². The van der Waals surface area contributed by atoms with Crippen LogP contribution in [0.4, 0.5) is 0 Å². The number of aromatic nitrogens is 3. The van der Waals surface area contributed by atoms with Crippen molar-refractivity contribution in [3.05, 3.63) is 11.6 Å². The topological polar surface area (TPSA) is 57.4 Å². The molecular weight excluding hydrogens is 266 g/mol. The zero-order valence-electron chi connectivity index (χ0n) is 13.8. The molecule has 0 spiro atoms. The van der Waals surface area contributed by atoms with Gasteiger partial charge < -0.3 is 14.6 Å². The van der Waals surface area contributed by atoms with Gasteiger partial charge in [-0.1, -0.05) is 6.92 Å². The van der Waals surface area contributed by atoms with E-state index in [-0.39, 0.29) is 6.10 Å². The summed E-state index contributed by atoms with van der Waals surface area (Å²) in [6, 6.07) is 0. The van der Waals surface area contributed by atoms with Gasteiger partial charge in [-0.2, -0.15) is 0 Å². The molecule has 0 amide bonds. The summed E-state index contributed by atoms with van der Waals surface area (Å²) in [5.74, 6) is 2.69. The van der Waals surface area contributed by atoms with Crippen molar-refractivity contribution in [1.29, 1.82) is 0 Å². The van der Waals surface area contributed by atoms with Crippen LogP contribution >= 0.6 is 0 Å². The second kappa shape index (κ2) is 7.33. The largest absolute Gasteiger partial charge is 0.390 e. The molecule has 1 fully saturated rings. The van der Waals surface area contributed by atoms with E-state index in [4.69, 9.17) is 0 Å². The molecule has 6 heteroatoms. The lowest BCUT2D eigenvalue weighted by Gasteiger charge is -2.32. The molecule has 1 saturated heterocycles. The molecule has 2 rings (SSSR count). The maximum absolute atomic E-state index is 10.3. The molecule has 21 heavy (non-hydrogen) atoms. The standard InChI is InChI=1S/C15H29N5O/c1-12-5-7-20(8-6-12)10-14(21)9-18(3)11-15-17-16-13(2)19(15)4/h12,14,21H,5-11H2,1-4H3. The van der Waals surface area contributed by atoms with Gasteiger partial charge in [0.15, 0.2) is 0 Å². The van der Waals surface area contributed by atoms with E-state index in [1.165, 1.54) is 12.8 Å². The first-order valence-corrected chi connectivity index (χ1v) is 7.89. The van der Waals surface area contributed by atoms with Crippen molar-refractivity contribution in [3.63, 3.8) is 0 Å². The average molecular weight is 295 g/mol. The van der Waals surface area contributed by atoms with Crippen LogP contribution in [0.1, 0.15) is 31.4 Å². The molecule has 1 aromatic heterocycles. The Morgan fingerprint density at radius 2 is 2.00 bits per heavy atom. The number of nitrogens with zero attached hydrogens (tertiary/aromatic N) is 5. The molecule has 0 aromatic carbocycles. The van der Waals surface area contributed by atoms with E-state index in [1.807, 2.05) is 25.6 Å². The summed E-state index contributed by atoms with van der Waals surface area (Å²) in [6.07, 6.45) is 2.19. The van der Waals surface area contributed by atoms with Gasteiger partial charge in [-0.3, -0.25) is 4.90 Å². The number of hydrogen-bond acceptors (Lipinski definition) is 5. The highest BCUT2D eigenvalue weighted by atomic mass is 16.3. The molecule has 1 unspecified atom stereocenters. The quantitative estimate of drug-likeness (QED) is 0.835. The first-order chi connectivity index (χ1) is 9.95. The summed E-state index contributed by atoms with van der Waals surface area (Å²) < 4.78 is 1.99. The van der Waals surface area contributed by atoms with E-state index in [1.54, 1.807) is 0 Å². The zero-order valence-corrected chi connectivity index (χ0v) is 13.8. The molecule has 120 valence electrons. The van der Waals surface area contributed by atoms with Gasteiger partial charge in [0.1, 0.15) is 11.6 Å². The highest BCUT2D eigenvalue weighted by Gasteiger charge is 2.19. The Labute approximate surface area is 127 Å². The van der Waals surface area contributed by atoms with Gasteiger partial charge in [-0.05, 0) is 45.8 Å². The summed E-state index contributed by atoms with van der Waals surface area (Å²) in [5, 5.41) is 18.5. The van der Waals surface area contributed by atoms with Crippen LogP contribution < -0.4 is 0 Å².